The number of hydrogen-bond acceptors (Lipinski definition) is 10. The number of aliphatic carboxylic acids is 1. The van der Waals surface area contributed by atoms with Gasteiger partial charge in [0.1, 0.15) is 31.3 Å². The number of rotatable bonds is 13. The van der Waals surface area contributed by atoms with Gasteiger partial charge in [0.25, 0.3) is 5.91 Å². The first-order valence-corrected chi connectivity index (χ1v) is 14.8. The maximum atomic E-state index is 12.9. The zero-order chi connectivity index (χ0) is 34.1. The molecule has 0 spiro atoms. The molecule has 2 aromatic carbocycles. The average molecular weight is 652 g/mol. The fourth-order valence-electron chi connectivity index (χ4n) is 4.55. The van der Waals surface area contributed by atoms with Crippen molar-refractivity contribution in [3.05, 3.63) is 60.2 Å². The van der Waals surface area contributed by atoms with E-state index in [0.717, 1.165) is 4.90 Å². The lowest BCUT2D eigenvalue weighted by atomic mass is 10.2. The van der Waals surface area contributed by atoms with Crippen molar-refractivity contribution in [1.82, 2.24) is 30.0 Å². The molecule has 16 nitrogen and oxygen atoms in total. The van der Waals surface area contributed by atoms with E-state index in [2.05, 4.69) is 20.9 Å². The summed E-state index contributed by atoms with van der Waals surface area (Å²) in [5, 5.41) is 17.0. The SMILES string of the molecule is CC(C)(C)OC(=O)n1c(NCCCN2CC(=O)N(CC(=O)NCC(NC(=O)OCc3ccccc3)C(=O)O)C2=O)nc2ccccc21. The van der Waals surface area contributed by atoms with Crippen molar-refractivity contribution in [2.45, 2.75) is 45.4 Å². The van der Waals surface area contributed by atoms with E-state index in [1.54, 1.807) is 75.4 Å². The number of para-hydroxylation sites is 2. The lowest BCUT2D eigenvalue weighted by molar-refractivity contribution is -0.139. The molecule has 3 aromatic rings. The highest BCUT2D eigenvalue weighted by Gasteiger charge is 2.37. The van der Waals surface area contributed by atoms with Crippen molar-refractivity contribution < 1.29 is 43.3 Å². The molecule has 4 rings (SSSR count). The number of benzene rings is 2. The molecule has 0 saturated carbocycles. The minimum Gasteiger partial charge on any atom is -0.480 e. The van der Waals surface area contributed by atoms with Gasteiger partial charge in [-0.3, -0.25) is 14.5 Å². The van der Waals surface area contributed by atoms with Crippen LogP contribution in [0.25, 0.3) is 11.0 Å². The second-order valence-electron chi connectivity index (χ2n) is 11.6. The summed E-state index contributed by atoms with van der Waals surface area (Å²) in [6.45, 7) is 4.28. The highest BCUT2D eigenvalue weighted by molar-refractivity contribution is 6.04. The van der Waals surface area contributed by atoms with Gasteiger partial charge in [0.15, 0.2) is 0 Å². The van der Waals surface area contributed by atoms with Gasteiger partial charge in [-0.1, -0.05) is 42.5 Å². The molecule has 1 aromatic heterocycles. The number of imidazole rings is 1. The van der Waals surface area contributed by atoms with Gasteiger partial charge in [0.2, 0.25) is 11.9 Å². The van der Waals surface area contributed by atoms with Crippen LogP contribution in [0.3, 0.4) is 0 Å². The molecule has 1 aliphatic rings. The number of amides is 5. The second kappa shape index (κ2) is 15.1. The molecule has 1 fully saturated rings. The number of alkyl carbamates (subject to hydrolysis) is 1. The average Bonchev–Trinajstić information content (AvgIpc) is 3.52. The number of ether oxygens (including phenoxy) is 2. The fraction of sp³-hybridized carbons (Fsp3) is 0.387. The number of anilines is 1. The zero-order valence-electron chi connectivity index (χ0n) is 26.2. The summed E-state index contributed by atoms with van der Waals surface area (Å²) in [5.41, 5.74) is 1.12. The summed E-state index contributed by atoms with van der Waals surface area (Å²) in [7, 11) is 0. The van der Waals surface area contributed by atoms with Crippen molar-refractivity contribution >= 4 is 53.0 Å². The lowest BCUT2D eigenvalue weighted by Gasteiger charge is -2.20. The first-order valence-electron chi connectivity index (χ1n) is 14.8. The molecule has 0 radical (unpaired) electrons. The van der Waals surface area contributed by atoms with Gasteiger partial charge >= 0.3 is 24.2 Å². The smallest absolute Gasteiger partial charge is 0.421 e. The van der Waals surface area contributed by atoms with Gasteiger partial charge in [0, 0.05) is 19.6 Å². The van der Waals surface area contributed by atoms with Gasteiger partial charge in [-0.25, -0.2) is 28.7 Å². The Hall–Kier alpha value is -5.67. The van der Waals surface area contributed by atoms with Crippen LogP contribution < -0.4 is 16.0 Å². The molecule has 0 bridgehead atoms. The van der Waals surface area contributed by atoms with Crippen LogP contribution in [0, 0.1) is 0 Å². The van der Waals surface area contributed by atoms with Crippen molar-refractivity contribution in [3.63, 3.8) is 0 Å². The van der Waals surface area contributed by atoms with Crippen LogP contribution in [-0.4, -0.2) is 105 Å². The van der Waals surface area contributed by atoms with E-state index < -0.39 is 60.7 Å². The molecule has 16 heteroatoms. The number of carboxylic acid groups (broad SMARTS) is 1. The molecule has 250 valence electrons. The largest absolute Gasteiger partial charge is 0.480 e. The van der Waals surface area contributed by atoms with Crippen LogP contribution >= 0.6 is 0 Å². The topological polar surface area (TPSA) is 201 Å². The van der Waals surface area contributed by atoms with Crippen LogP contribution in [0.15, 0.2) is 54.6 Å². The van der Waals surface area contributed by atoms with Gasteiger partial charge in [-0.05, 0) is 44.9 Å². The number of imide groups is 1. The number of nitrogens with one attached hydrogen (secondary N) is 3. The van der Waals surface area contributed by atoms with E-state index >= 15 is 0 Å². The summed E-state index contributed by atoms with van der Waals surface area (Å²) in [4.78, 5) is 81.0. The number of hydrogen-bond donors (Lipinski definition) is 4. The Balaban J connectivity index is 1.24. The van der Waals surface area contributed by atoms with Crippen molar-refractivity contribution in [3.8, 4) is 0 Å². The minimum absolute atomic E-state index is 0.0787. The summed E-state index contributed by atoms with van der Waals surface area (Å²) >= 11 is 0. The molecule has 1 saturated heterocycles. The Morgan fingerprint density at radius 3 is 2.43 bits per heavy atom. The Morgan fingerprint density at radius 1 is 1.02 bits per heavy atom. The molecule has 0 aliphatic carbocycles. The van der Waals surface area contributed by atoms with Gasteiger partial charge < -0.3 is 35.4 Å². The maximum Gasteiger partial charge on any atom is 0.421 e. The number of carboxylic acids is 1. The van der Waals surface area contributed by atoms with E-state index in [-0.39, 0.29) is 25.6 Å². The predicted molar refractivity (Wildman–Crippen MR) is 167 cm³/mol. The van der Waals surface area contributed by atoms with Gasteiger partial charge in [-0.15, -0.1) is 0 Å². The maximum absolute atomic E-state index is 12.9. The van der Waals surface area contributed by atoms with Crippen LogP contribution in [-0.2, 0) is 30.5 Å². The number of fused-ring (bicyclic) bond motifs is 1. The third-order valence-electron chi connectivity index (χ3n) is 6.76. The van der Waals surface area contributed by atoms with Crippen LogP contribution in [0.5, 0.6) is 0 Å². The molecule has 2 heterocycles. The standard InChI is InChI=1S/C31H37N7O9/c1-31(2,3)47-30(45)38-23-13-8-7-12-21(23)34-27(38)32-14-9-15-36-18-25(40)37(29(36)44)17-24(39)33-16-22(26(41)42)35-28(43)46-19-20-10-5-4-6-11-20/h4-8,10-13,22H,9,14-19H2,1-3H3,(H,32,34)(H,33,39)(H,35,43)(H,41,42). The molecule has 47 heavy (non-hydrogen) atoms. The van der Waals surface area contributed by atoms with Gasteiger partial charge in [0.05, 0.1) is 11.0 Å². The molecular formula is C31H37N7O9. The third-order valence-corrected chi connectivity index (χ3v) is 6.76. The van der Waals surface area contributed by atoms with E-state index in [4.69, 9.17) is 9.47 Å². The highest BCUT2D eigenvalue weighted by Crippen LogP contribution is 2.22. The molecule has 5 amide bonds. The summed E-state index contributed by atoms with van der Waals surface area (Å²) in [6, 6.07) is 13.7. The quantitative estimate of drug-likeness (QED) is 0.156. The second-order valence-corrected chi connectivity index (χ2v) is 11.6. The molecule has 1 atom stereocenters. The Labute approximate surface area is 270 Å². The van der Waals surface area contributed by atoms with E-state index in [1.807, 2.05) is 0 Å². The molecule has 4 N–H and O–H groups in total. The Morgan fingerprint density at radius 2 is 1.72 bits per heavy atom. The van der Waals surface area contributed by atoms with Gasteiger partial charge in [-0.2, -0.15) is 0 Å². The van der Waals surface area contributed by atoms with E-state index in [1.165, 1.54) is 9.47 Å². The summed E-state index contributed by atoms with van der Waals surface area (Å²) < 4.78 is 11.9. The zero-order valence-corrected chi connectivity index (χ0v) is 26.2. The number of aromatic nitrogens is 2. The lowest BCUT2D eigenvalue weighted by Crippen LogP contribution is -2.50. The summed E-state index contributed by atoms with van der Waals surface area (Å²) in [5.74, 6) is -2.54. The molecular weight excluding hydrogens is 614 g/mol. The van der Waals surface area contributed by atoms with Crippen molar-refractivity contribution in [1.29, 1.82) is 0 Å². The van der Waals surface area contributed by atoms with Crippen LogP contribution in [0.4, 0.5) is 20.3 Å². The van der Waals surface area contributed by atoms with Crippen LogP contribution in [0.1, 0.15) is 32.8 Å². The van der Waals surface area contributed by atoms with Crippen molar-refractivity contribution in [2.75, 3.05) is 38.0 Å². The van der Waals surface area contributed by atoms with E-state index in [0.29, 0.717) is 29.6 Å². The Bertz CT molecular complexity index is 1630. The predicted octanol–water partition coefficient (Wildman–Crippen LogP) is 2.38. The summed E-state index contributed by atoms with van der Waals surface area (Å²) in [6.07, 6.45) is -1.22. The fourth-order valence-corrected chi connectivity index (χ4v) is 4.55. The normalized spacial score (nSPS) is 13.8. The monoisotopic (exact) mass is 651 g/mol. The third kappa shape index (κ3) is 9.42. The number of carbonyl (C=O) groups is 6. The van der Waals surface area contributed by atoms with E-state index in [9.17, 15) is 33.9 Å². The number of urea groups is 1. The number of carbonyl (C=O) groups excluding carboxylic acids is 5. The highest BCUT2D eigenvalue weighted by atomic mass is 16.6. The van der Waals surface area contributed by atoms with Crippen molar-refractivity contribution in [2.24, 2.45) is 0 Å². The minimum atomic E-state index is -1.51. The molecule has 1 unspecified atom stereocenters. The first kappa shape index (κ1) is 34.2. The Kier molecular flexibility index (Phi) is 11.0. The first-order chi connectivity index (χ1) is 22.3. The molecule has 1 aliphatic heterocycles. The number of nitrogens with zero attached hydrogens (tertiary/aromatic N) is 4. The van der Waals surface area contributed by atoms with Crippen LogP contribution in [0.2, 0.25) is 0 Å².